The van der Waals surface area contributed by atoms with E-state index in [1.165, 1.54) is 167 Å². The van der Waals surface area contributed by atoms with Crippen LogP contribution >= 0.6 is 0 Å². The van der Waals surface area contributed by atoms with E-state index in [2.05, 4.69) is 18.6 Å². The molecular weight excluding hydrogens is 576 g/mol. The van der Waals surface area contributed by atoms with Gasteiger partial charge in [-0.1, -0.05) is 194 Å². The molecule has 2 N–H and O–H groups in total. The van der Waals surface area contributed by atoms with Crippen LogP contribution in [0.15, 0.2) is 0 Å². The van der Waals surface area contributed by atoms with Crippen molar-refractivity contribution >= 4 is 11.9 Å². The lowest BCUT2D eigenvalue weighted by molar-refractivity contribution is -0.159. The summed E-state index contributed by atoms with van der Waals surface area (Å²) < 4.78 is 9.64. The lowest BCUT2D eigenvalue weighted by Gasteiger charge is -2.05. The molecule has 0 rings (SSSR count). The zero-order valence-corrected chi connectivity index (χ0v) is 31.0. The van der Waals surface area contributed by atoms with Crippen molar-refractivity contribution in [2.75, 3.05) is 26.4 Å². The molecule has 6 nitrogen and oxygen atoms in total. The Hall–Kier alpha value is -0.980. The molecule has 0 aromatic rings. The second kappa shape index (κ2) is 44.0. The first-order valence-corrected chi connectivity index (χ1v) is 20.1. The van der Waals surface area contributed by atoms with Gasteiger partial charge in [-0.05, 0) is 12.8 Å². The number of aliphatic hydroxyl groups excluding tert-OH is 2. The highest BCUT2D eigenvalue weighted by molar-refractivity contribution is 5.85. The highest BCUT2D eigenvalue weighted by atomic mass is 16.6. The van der Waals surface area contributed by atoms with Gasteiger partial charge >= 0.3 is 11.9 Å². The van der Waals surface area contributed by atoms with Gasteiger partial charge in [0.2, 0.25) is 0 Å². The van der Waals surface area contributed by atoms with Gasteiger partial charge in [0.25, 0.3) is 0 Å². The third kappa shape index (κ3) is 45.1. The average molecular weight is 657 g/mol. The number of unbranched alkanes of at least 4 members (excludes halogenated alkanes) is 28. The van der Waals surface area contributed by atoms with E-state index in [0.29, 0.717) is 26.1 Å². The maximum Gasteiger partial charge on any atom is 0.313 e. The molecule has 0 saturated carbocycles. The average Bonchev–Trinajstić information content (AvgIpc) is 3.05. The number of aliphatic hydroxyl groups is 2. The van der Waals surface area contributed by atoms with Crippen LogP contribution in [0.3, 0.4) is 0 Å². The van der Waals surface area contributed by atoms with Gasteiger partial charge in [-0.2, -0.15) is 0 Å². The molecule has 0 bridgehead atoms. The van der Waals surface area contributed by atoms with E-state index in [9.17, 15) is 9.59 Å². The van der Waals surface area contributed by atoms with Crippen molar-refractivity contribution in [3.8, 4) is 0 Å². The molecule has 276 valence electrons. The van der Waals surface area contributed by atoms with Crippen LogP contribution in [0.5, 0.6) is 0 Å². The Labute approximate surface area is 286 Å². The zero-order chi connectivity index (χ0) is 34.0. The molecule has 0 aliphatic heterocycles. The maximum atomic E-state index is 11.9. The molecule has 0 aliphatic rings. The van der Waals surface area contributed by atoms with E-state index in [1.807, 2.05) is 0 Å². The number of rotatable bonds is 36. The molecule has 0 amide bonds. The summed E-state index contributed by atoms with van der Waals surface area (Å²) in [5.74, 6) is -0.647. The number of carbonyl (C=O) groups excluding carboxylic acids is 2. The molecule has 0 unspecified atom stereocenters. The van der Waals surface area contributed by atoms with Crippen molar-refractivity contribution < 1.29 is 29.3 Å². The van der Waals surface area contributed by atoms with E-state index < -0.39 is 0 Å². The summed E-state index contributed by atoms with van der Waals surface area (Å²) in [6.45, 7) is 5.25. The summed E-state index contributed by atoms with van der Waals surface area (Å²) in [6.07, 6.45) is 40.1. The summed E-state index contributed by atoms with van der Waals surface area (Å²) in [4.78, 5) is 23.8. The number of hydrogen-bond donors (Lipinski definition) is 2. The predicted molar refractivity (Wildman–Crippen MR) is 195 cm³/mol. The minimum absolute atomic E-state index is 0.0278. The van der Waals surface area contributed by atoms with Crippen molar-refractivity contribution in [1.29, 1.82) is 0 Å². The highest BCUT2D eigenvalue weighted by Crippen LogP contribution is 2.15. The number of hydrogen-bond acceptors (Lipinski definition) is 6. The number of ether oxygens (including phenoxy) is 2. The zero-order valence-electron chi connectivity index (χ0n) is 31.0. The largest absolute Gasteiger partial charge is 0.394 e. The quantitative estimate of drug-likeness (QED) is 0.0396. The Balaban J connectivity index is 0. The van der Waals surface area contributed by atoms with E-state index in [-0.39, 0.29) is 25.2 Å². The number of carbonyl (C=O) groups is 2. The lowest BCUT2D eigenvalue weighted by atomic mass is 10.0. The van der Waals surface area contributed by atoms with Crippen LogP contribution in [-0.2, 0) is 19.1 Å². The van der Waals surface area contributed by atoms with Gasteiger partial charge in [-0.25, -0.2) is 0 Å². The van der Waals surface area contributed by atoms with Crippen molar-refractivity contribution in [1.82, 2.24) is 0 Å². The molecule has 46 heavy (non-hydrogen) atoms. The van der Waals surface area contributed by atoms with E-state index in [0.717, 1.165) is 25.7 Å². The Morgan fingerprint density at radius 3 is 0.804 bits per heavy atom. The van der Waals surface area contributed by atoms with Crippen LogP contribution in [0.4, 0.5) is 0 Å². The lowest BCUT2D eigenvalue weighted by Crippen LogP contribution is -2.11. The van der Waals surface area contributed by atoms with Crippen LogP contribution in [0.2, 0.25) is 0 Å². The van der Waals surface area contributed by atoms with Gasteiger partial charge in [0.05, 0.1) is 26.4 Å². The Morgan fingerprint density at radius 2 is 0.587 bits per heavy atom. The number of esters is 2. The fourth-order valence-electron chi connectivity index (χ4n) is 5.74. The van der Waals surface area contributed by atoms with E-state index in [1.54, 1.807) is 0 Å². The van der Waals surface area contributed by atoms with Crippen LogP contribution in [0.25, 0.3) is 0 Å². The Bertz CT molecular complexity index is 534. The standard InChI is InChI=1S/C36H70O3.C4H10O3/c1-3-5-7-9-11-13-15-17-19-21-23-25-27-29-31-33-35(37)39-36(38)34-32-30-28-26-24-22-20-18-16-14-12-10-8-6-4-2;5-1-3-7-4-2-6/h3-34H2,1-2H3;5-6H,1-4H2. The van der Waals surface area contributed by atoms with Crippen molar-refractivity contribution in [3.63, 3.8) is 0 Å². The molecule has 0 aromatic heterocycles. The molecule has 0 spiro atoms. The fraction of sp³-hybridized carbons (Fsp3) is 0.950. The second-order valence-corrected chi connectivity index (χ2v) is 13.3. The van der Waals surface area contributed by atoms with Crippen LogP contribution in [0.1, 0.15) is 219 Å². The fourth-order valence-corrected chi connectivity index (χ4v) is 5.74. The first kappa shape index (κ1) is 47.1. The SMILES string of the molecule is CCCCCCCCCCCCCCCCCC(=O)OC(=O)CCCCCCCCCCCCCCCCC.OCCOCCO. The van der Waals surface area contributed by atoms with Crippen LogP contribution < -0.4 is 0 Å². The molecule has 0 saturated heterocycles. The highest BCUT2D eigenvalue weighted by Gasteiger charge is 2.10. The summed E-state index contributed by atoms with van der Waals surface area (Å²) in [6, 6.07) is 0. The van der Waals surface area contributed by atoms with Gasteiger partial charge in [-0.15, -0.1) is 0 Å². The predicted octanol–water partition coefficient (Wildman–Crippen LogP) is 11.6. The maximum absolute atomic E-state index is 11.9. The Morgan fingerprint density at radius 1 is 0.370 bits per heavy atom. The summed E-state index contributed by atoms with van der Waals surface area (Å²) >= 11 is 0. The Kier molecular flexibility index (Phi) is 45.1. The minimum Gasteiger partial charge on any atom is -0.394 e. The van der Waals surface area contributed by atoms with Gasteiger partial charge < -0.3 is 19.7 Å². The van der Waals surface area contributed by atoms with Gasteiger partial charge in [0, 0.05) is 12.8 Å². The van der Waals surface area contributed by atoms with E-state index in [4.69, 9.17) is 14.9 Å². The third-order valence-electron chi connectivity index (χ3n) is 8.67. The smallest absolute Gasteiger partial charge is 0.313 e. The first-order chi connectivity index (χ1) is 22.6. The molecule has 0 fully saturated rings. The van der Waals surface area contributed by atoms with Crippen molar-refractivity contribution in [2.24, 2.45) is 0 Å². The molecule has 0 aromatic carbocycles. The molecule has 0 atom stereocenters. The van der Waals surface area contributed by atoms with Crippen LogP contribution in [0, 0.1) is 0 Å². The monoisotopic (exact) mass is 657 g/mol. The molecule has 0 heterocycles. The molecule has 0 aliphatic carbocycles. The molecule has 6 heteroatoms. The normalized spacial score (nSPS) is 11.0. The van der Waals surface area contributed by atoms with Gasteiger partial charge in [-0.3, -0.25) is 9.59 Å². The third-order valence-corrected chi connectivity index (χ3v) is 8.67. The van der Waals surface area contributed by atoms with Gasteiger partial charge in [0.1, 0.15) is 0 Å². The molecular formula is C40H80O6. The topological polar surface area (TPSA) is 93.1 Å². The molecule has 0 radical (unpaired) electrons. The van der Waals surface area contributed by atoms with E-state index >= 15 is 0 Å². The summed E-state index contributed by atoms with van der Waals surface area (Å²) in [5, 5.41) is 16.2. The van der Waals surface area contributed by atoms with Crippen molar-refractivity contribution in [3.05, 3.63) is 0 Å². The van der Waals surface area contributed by atoms with Crippen molar-refractivity contribution in [2.45, 2.75) is 219 Å². The second-order valence-electron chi connectivity index (χ2n) is 13.3. The minimum atomic E-state index is -0.323. The first-order valence-electron chi connectivity index (χ1n) is 20.1. The van der Waals surface area contributed by atoms with Gasteiger partial charge in [0.15, 0.2) is 0 Å². The summed E-state index contributed by atoms with van der Waals surface area (Å²) in [5.41, 5.74) is 0. The summed E-state index contributed by atoms with van der Waals surface area (Å²) in [7, 11) is 0. The van der Waals surface area contributed by atoms with Crippen LogP contribution in [-0.4, -0.2) is 48.6 Å².